The van der Waals surface area contributed by atoms with E-state index in [0.717, 1.165) is 44.1 Å². The highest BCUT2D eigenvalue weighted by atomic mass is 16.8. The summed E-state index contributed by atoms with van der Waals surface area (Å²) >= 11 is 0. The van der Waals surface area contributed by atoms with Crippen LogP contribution in [0.3, 0.4) is 0 Å². The fourth-order valence-electron chi connectivity index (χ4n) is 15.9. The van der Waals surface area contributed by atoms with E-state index in [1.54, 1.807) is 54.6 Å². The third kappa shape index (κ3) is 10.2. The van der Waals surface area contributed by atoms with Gasteiger partial charge in [0.25, 0.3) is 0 Å². The number of ketones is 1. The molecule has 0 spiro atoms. The highest BCUT2D eigenvalue weighted by Gasteiger charge is 2.71. The molecule has 6 fully saturated rings. The first kappa shape index (κ1) is 57.4. The number of aliphatic hydroxyl groups is 5. The Kier molecular flexibility index (Phi) is 15.8. The van der Waals surface area contributed by atoms with Crippen LogP contribution in [0.5, 0.6) is 0 Å². The zero-order valence-electron chi connectivity index (χ0n) is 46.5. The number of esters is 3. The van der Waals surface area contributed by atoms with Crippen molar-refractivity contribution in [1.29, 1.82) is 0 Å². The van der Waals surface area contributed by atoms with Gasteiger partial charge < -0.3 is 58.7 Å². The molecule has 0 bridgehead atoms. The summed E-state index contributed by atoms with van der Waals surface area (Å²) in [7, 11) is 0. The lowest BCUT2D eigenvalue weighted by atomic mass is 9.33. The molecule has 7 aliphatic rings. The number of hydrogen-bond acceptors (Lipinski definition) is 16. The van der Waals surface area contributed by atoms with Crippen LogP contribution in [0.15, 0.2) is 103 Å². The summed E-state index contributed by atoms with van der Waals surface area (Å²) in [4.78, 5) is 56.7. The SMILES string of the molecule is CC1(C)[C@@H](O[C@@H]2O[C@H](C(=O)OCc3ccccc3)[C@@H](O)[C@H](O)[C@H]2O[C@@H]2O[C@H](C(=O)OCc3ccccc3)[C@@H](O)[C@H](O)[C@H]2O)CC[C@]2(C)[C@H]3C(=O)C=C4[C@@H]5C[C@@](C)(C(=O)OCc6ccccc6)CC[C@]5(C)CC[C@@]4(C)[C@]3(C)CC[C@@H]12. The van der Waals surface area contributed by atoms with E-state index in [4.69, 9.17) is 33.2 Å². The highest BCUT2D eigenvalue weighted by molar-refractivity contribution is 5.95. The van der Waals surface area contributed by atoms with E-state index in [-0.39, 0.29) is 60.2 Å². The molecule has 2 aliphatic heterocycles. The van der Waals surface area contributed by atoms with Crippen LogP contribution in [-0.2, 0) is 72.2 Å². The first-order valence-corrected chi connectivity index (χ1v) is 28.3. The van der Waals surface area contributed by atoms with Crippen LogP contribution < -0.4 is 0 Å². The summed E-state index contributed by atoms with van der Waals surface area (Å²) in [5.74, 6) is -2.54. The van der Waals surface area contributed by atoms with Crippen molar-refractivity contribution in [2.75, 3.05) is 0 Å². The highest BCUT2D eigenvalue weighted by Crippen LogP contribution is 2.75. The lowest BCUT2D eigenvalue weighted by Gasteiger charge is -2.70. The van der Waals surface area contributed by atoms with Gasteiger partial charge in [-0.3, -0.25) is 9.59 Å². The monoisotopic (exact) mass is 1090 g/mol. The maximum absolute atomic E-state index is 15.4. The van der Waals surface area contributed by atoms with Gasteiger partial charge in [-0.25, -0.2) is 9.59 Å². The van der Waals surface area contributed by atoms with Crippen LogP contribution in [0.25, 0.3) is 0 Å². The first-order valence-electron chi connectivity index (χ1n) is 28.3. The molecule has 2 heterocycles. The molecule has 3 aromatic carbocycles. The van der Waals surface area contributed by atoms with Crippen LogP contribution in [0.1, 0.15) is 123 Å². The average molecular weight is 1090 g/mol. The fraction of sp³-hybridized carbons (Fsp3) is 0.619. The molecule has 2 saturated heterocycles. The molecule has 4 saturated carbocycles. The predicted molar refractivity (Wildman–Crippen MR) is 285 cm³/mol. The lowest BCUT2D eigenvalue weighted by molar-refractivity contribution is -0.372. The maximum atomic E-state index is 15.4. The minimum absolute atomic E-state index is 0.0221. The Balaban J connectivity index is 0.901. The van der Waals surface area contributed by atoms with Crippen molar-refractivity contribution in [1.82, 2.24) is 0 Å². The molecule has 0 radical (unpaired) electrons. The van der Waals surface area contributed by atoms with Crippen LogP contribution in [0, 0.1) is 50.2 Å². The zero-order valence-corrected chi connectivity index (χ0v) is 46.5. The third-order valence-electron chi connectivity index (χ3n) is 20.8. The number of carbonyl (C=O) groups is 4. The Morgan fingerprint density at radius 2 is 1.09 bits per heavy atom. The molecule has 5 aliphatic carbocycles. The minimum atomic E-state index is -1.99. The number of fused-ring (bicyclic) bond motifs is 7. The van der Waals surface area contributed by atoms with Gasteiger partial charge in [0.05, 0.1) is 11.5 Å². The molecule has 79 heavy (non-hydrogen) atoms. The number of allylic oxidation sites excluding steroid dienone is 2. The average Bonchev–Trinajstić information content (AvgIpc) is 1.51. The van der Waals surface area contributed by atoms with E-state index < -0.39 is 101 Å². The van der Waals surface area contributed by atoms with Crippen LogP contribution in [-0.4, -0.2) is 117 Å². The van der Waals surface area contributed by atoms with Gasteiger partial charge in [0, 0.05) is 5.92 Å². The molecule has 0 amide bonds. The molecule has 0 aromatic heterocycles. The van der Waals surface area contributed by atoms with Crippen LogP contribution in [0.4, 0.5) is 0 Å². The van der Waals surface area contributed by atoms with Gasteiger partial charge in [-0.2, -0.15) is 0 Å². The lowest BCUT2D eigenvalue weighted by Crippen LogP contribution is -2.68. The van der Waals surface area contributed by atoms with E-state index in [2.05, 4.69) is 41.5 Å². The van der Waals surface area contributed by atoms with E-state index in [1.165, 1.54) is 5.57 Å². The van der Waals surface area contributed by atoms with Crippen LogP contribution in [0.2, 0.25) is 0 Å². The zero-order chi connectivity index (χ0) is 56.5. The van der Waals surface area contributed by atoms with Crippen molar-refractivity contribution in [2.24, 2.45) is 50.2 Å². The van der Waals surface area contributed by atoms with Crippen molar-refractivity contribution in [2.45, 2.75) is 194 Å². The standard InChI is InChI=1S/C63H80O16/c1-58(2)42-23-26-63(7)52(41(64)31-39-40-32-60(4,28-27-59(40,3)29-30-62(39,63)6)57(72)75-35-38-21-15-10-16-22-38)61(42,5)25-24-43(58)76-56-51(47(68)46(67)50(78-56)54(71)74-34-37-19-13-9-14-20-37)79-55-48(69)44(65)45(66)49(77-55)53(70)73-33-36-17-11-8-12-18-36/h8-22,31,40,42-52,55-56,65-69H,23-30,32-35H2,1-7H3/t40-,42-,43-,44-,45-,46-,47-,48+,49-,50-,51+,52+,55-,56+,59+,60-,61-,62+,63+/m0/s1. The molecule has 0 unspecified atom stereocenters. The topological polar surface area (TPSA) is 234 Å². The Morgan fingerprint density at radius 1 is 0.570 bits per heavy atom. The summed E-state index contributed by atoms with van der Waals surface area (Å²) in [6, 6.07) is 27.4. The maximum Gasteiger partial charge on any atom is 0.338 e. The molecule has 10 rings (SSSR count). The van der Waals surface area contributed by atoms with Gasteiger partial charge in [0.1, 0.15) is 56.4 Å². The van der Waals surface area contributed by atoms with E-state index in [1.807, 2.05) is 49.4 Å². The smallest absolute Gasteiger partial charge is 0.338 e. The first-order chi connectivity index (χ1) is 37.4. The summed E-state index contributed by atoms with van der Waals surface area (Å²) < 4.78 is 42.3. The van der Waals surface area contributed by atoms with E-state index in [0.29, 0.717) is 30.4 Å². The third-order valence-corrected chi connectivity index (χ3v) is 20.8. The molecular formula is C63H80O16. The number of aliphatic hydroxyl groups excluding tert-OH is 5. The van der Waals surface area contributed by atoms with Crippen molar-refractivity contribution in [3.05, 3.63) is 119 Å². The molecule has 19 atom stereocenters. The van der Waals surface area contributed by atoms with Gasteiger partial charge in [0.15, 0.2) is 30.6 Å². The number of rotatable bonds is 13. The summed E-state index contributed by atoms with van der Waals surface area (Å²) in [6.07, 6.45) is -10.8. The van der Waals surface area contributed by atoms with E-state index >= 15 is 4.79 Å². The number of carbonyl (C=O) groups excluding carboxylic acids is 4. The molecule has 3 aromatic rings. The second kappa shape index (κ2) is 21.8. The Hall–Kier alpha value is -4.88. The van der Waals surface area contributed by atoms with Crippen molar-refractivity contribution in [3.63, 3.8) is 0 Å². The molecule has 5 N–H and O–H groups in total. The van der Waals surface area contributed by atoms with Gasteiger partial charge >= 0.3 is 17.9 Å². The quantitative estimate of drug-likeness (QED) is 0.0646. The Bertz CT molecular complexity index is 2740. The summed E-state index contributed by atoms with van der Waals surface area (Å²) in [5, 5.41) is 56.9. The summed E-state index contributed by atoms with van der Waals surface area (Å²) in [5.41, 5.74) is 0.683. The van der Waals surface area contributed by atoms with E-state index in [9.17, 15) is 39.9 Å². The minimum Gasteiger partial charge on any atom is -0.460 e. The van der Waals surface area contributed by atoms with Gasteiger partial charge in [-0.1, -0.05) is 138 Å². The Labute approximate surface area is 463 Å². The van der Waals surface area contributed by atoms with Gasteiger partial charge in [0.2, 0.25) is 0 Å². The van der Waals surface area contributed by atoms with Gasteiger partial charge in [-0.05, 0) is 126 Å². The van der Waals surface area contributed by atoms with Gasteiger partial charge in [-0.15, -0.1) is 0 Å². The fourth-order valence-corrected chi connectivity index (χ4v) is 15.9. The second-order valence-electron chi connectivity index (χ2n) is 25.9. The Morgan fingerprint density at radius 3 is 1.66 bits per heavy atom. The normalized spacial score (nSPS) is 41.5. The van der Waals surface area contributed by atoms with Crippen molar-refractivity contribution >= 4 is 23.7 Å². The second-order valence-corrected chi connectivity index (χ2v) is 25.9. The molecule has 16 nitrogen and oxygen atoms in total. The number of hydrogen-bond donors (Lipinski definition) is 5. The van der Waals surface area contributed by atoms with Crippen LogP contribution >= 0.6 is 0 Å². The van der Waals surface area contributed by atoms with Crippen molar-refractivity contribution < 1.29 is 77.9 Å². The molecule has 16 heteroatoms. The largest absolute Gasteiger partial charge is 0.460 e. The summed E-state index contributed by atoms with van der Waals surface area (Å²) in [6.45, 7) is 15.4. The molecular weight excluding hydrogens is 1010 g/mol. The number of benzene rings is 3. The van der Waals surface area contributed by atoms with Crippen molar-refractivity contribution in [3.8, 4) is 0 Å². The molecule has 428 valence electrons. The number of ether oxygens (including phenoxy) is 7. The predicted octanol–water partition coefficient (Wildman–Crippen LogP) is 7.22.